The van der Waals surface area contributed by atoms with Crippen LogP contribution >= 0.6 is 0 Å². The van der Waals surface area contributed by atoms with Gasteiger partial charge in [-0.15, -0.1) is 0 Å². The van der Waals surface area contributed by atoms with E-state index in [1.165, 1.54) is 18.1 Å². The number of aromatic nitrogens is 1. The van der Waals surface area contributed by atoms with Crippen LogP contribution in [0.3, 0.4) is 0 Å². The van der Waals surface area contributed by atoms with Crippen molar-refractivity contribution in [3.8, 4) is 0 Å². The molecule has 0 spiro atoms. The molecule has 0 N–H and O–H groups in total. The Kier molecular flexibility index (Phi) is 3.18. The highest BCUT2D eigenvalue weighted by Gasteiger charge is 2.16. The van der Waals surface area contributed by atoms with Gasteiger partial charge in [-0.2, -0.15) is 0 Å². The van der Waals surface area contributed by atoms with Crippen LogP contribution in [0, 0.1) is 0 Å². The lowest BCUT2D eigenvalue weighted by Gasteiger charge is -2.12. The fourth-order valence-electron chi connectivity index (χ4n) is 2.06. The molecule has 17 heavy (non-hydrogen) atoms. The molecule has 0 saturated carbocycles. The van der Waals surface area contributed by atoms with Gasteiger partial charge in [0.25, 0.3) is 0 Å². The number of hydrogen-bond acceptors (Lipinski definition) is 2. The van der Waals surface area contributed by atoms with E-state index in [9.17, 15) is 4.79 Å². The summed E-state index contributed by atoms with van der Waals surface area (Å²) in [7, 11) is 1.42. The third-order valence-corrected chi connectivity index (χ3v) is 3.15. The van der Waals surface area contributed by atoms with Crippen LogP contribution in [-0.2, 0) is 16.0 Å². The van der Waals surface area contributed by atoms with Crippen LogP contribution in [0.5, 0.6) is 0 Å². The molecule has 1 aromatic heterocycles. The molecule has 0 amide bonds. The Morgan fingerprint density at radius 1 is 1.41 bits per heavy atom. The van der Waals surface area contributed by atoms with Crippen LogP contribution in [-0.4, -0.2) is 17.6 Å². The molecule has 2 rings (SSSR count). The molecule has 90 valence electrons. The van der Waals surface area contributed by atoms with Gasteiger partial charge in [-0.05, 0) is 42.5 Å². The van der Waals surface area contributed by atoms with Crippen LogP contribution in [0.2, 0.25) is 0 Å². The highest BCUT2D eigenvalue weighted by atomic mass is 16.5. The third-order valence-electron chi connectivity index (χ3n) is 3.15. The standard InChI is InChI=1S/C14H17NO2/c1-4-11-5-6-13-12(9-11)7-8-15(13)10(2)14(16)17-3/h5-10H,4H2,1-3H3. The van der Waals surface area contributed by atoms with E-state index in [0.717, 1.165) is 11.9 Å². The lowest BCUT2D eigenvalue weighted by Crippen LogP contribution is -2.16. The first kappa shape index (κ1) is 11.7. The summed E-state index contributed by atoms with van der Waals surface area (Å²) in [4.78, 5) is 11.5. The molecular weight excluding hydrogens is 214 g/mol. The second kappa shape index (κ2) is 4.62. The normalized spacial score (nSPS) is 12.6. The van der Waals surface area contributed by atoms with Crippen molar-refractivity contribution >= 4 is 16.9 Å². The Hall–Kier alpha value is -1.77. The second-order valence-electron chi connectivity index (χ2n) is 4.17. The van der Waals surface area contributed by atoms with Crippen molar-refractivity contribution in [1.29, 1.82) is 0 Å². The van der Waals surface area contributed by atoms with Crippen LogP contribution in [0.15, 0.2) is 30.5 Å². The predicted octanol–water partition coefficient (Wildman–Crippen LogP) is 2.94. The number of carbonyl (C=O) groups excluding carboxylic acids is 1. The van der Waals surface area contributed by atoms with Gasteiger partial charge in [0.1, 0.15) is 6.04 Å². The zero-order chi connectivity index (χ0) is 12.4. The third kappa shape index (κ3) is 2.05. The fourth-order valence-corrected chi connectivity index (χ4v) is 2.06. The van der Waals surface area contributed by atoms with Crippen molar-refractivity contribution in [1.82, 2.24) is 4.57 Å². The van der Waals surface area contributed by atoms with Crippen LogP contribution in [0.1, 0.15) is 25.5 Å². The number of carbonyl (C=O) groups is 1. The topological polar surface area (TPSA) is 31.2 Å². The summed E-state index contributed by atoms with van der Waals surface area (Å²) >= 11 is 0. The van der Waals surface area contributed by atoms with E-state index in [4.69, 9.17) is 4.74 Å². The van der Waals surface area contributed by atoms with Crippen LogP contribution in [0.4, 0.5) is 0 Å². The number of fused-ring (bicyclic) bond motifs is 1. The summed E-state index contributed by atoms with van der Waals surface area (Å²) < 4.78 is 6.71. The van der Waals surface area contributed by atoms with Crippen molar-refractivity contribution in [2.75, 3.05) is 7.11 Å². The summed E-state index contributed by atoms with van der Waals surface area (Å²) in [6, 6.07) is 8.07. The fraction of sp³-hybridized carbons (Fsp3) is 0.357. The van der Waals surface area contributed by atoms with E-state index in [-0.39, 0.29) is 12.0 Å². The van der Waals surface area contributed by atoms with E-state index in [1.807, 2.05) is 23.8 Å². The zero-order valence-corrected chi connectivity index (χ0v) is 10.4. The lowest BCUT2D eigenvalue weighted by molar-refractivity contribution is -0.143. The number of nitrogens with zero attached hydrogens (tertiary/aromatic N) is 1. The van der Waals surface area contributed by atoms with Gasteiger partial charge in [-0.25, -0.2) is 4.79 Å². The van der Waals surface area contributed by atoms with Crippen molar-refractivity contribution in [2.24, 2.45) is 0 Å². The number of ether oxygens (including phenoxy) is 1. The minimum atomic E-state index is -0.287. The summed E-state index contributed by atoms with van der Waals surface area (Å²) in [6.07, 6.45) is 2.96. The summed E-state index contributed by atoms with van der Waals surface area (Å²) in [5.74, 6) is -0.220. The summed E-state index contributed by atoms with van der Waals surface area (Å²) in [6.45, 7) is 3.98. The van der Waals surface area contributed by atoms with Crippen molar-refractivity contribution < 1.29 is 9.53 Å². The van der Waals surface area contributed by atoms with Gasteiger partial charge in [0, 0.05) is 11.7 Å². The molecule has 1 unspecified atom stereocenters. The Morgan fingerprint density at radius 3 is 2.82 bits per heavy atom. The first-order valence-electron chi connectivity index (χ1n) is 5.84. The number of hydrogen-bond donors (Lipinski definition) is 0. The van der Waals surface area contributed by atoms with E-state index in [1.54, 1.807) is 0 Å². The first-order chi connectivity index (χ1) is 8.17. The Morgan fingerprint density at radius 2 is 2.18 bits per heavy atom. The highest BCUT2D eigenvalue weighted by Crippen LogP contribution is 2.22. The molecule has 0 saturated heterocycles. The molecular formula is C14H17NO2. The number of rotatable bonds is 3. The van der Waals surface area contributed by atoms with Gasteiger partial charge in [0.05, 0.1) is 7.11 Å². The molecule has 0 aliphatic heterocycles. The van der Waals surface area contributed by atoms with E-state index < -0.39 is 0 Å². The maximum atomic E-state index is 11.5. The minimum absolute atomic E-state index is 0.220. The molecule has 3 nitrogen and oxygen atoms in total. The van der Waals surface area contributed by atoms with Gasteiger partial charge >= 0.3 is 5.97 Å². The van der Waals surface area contributed by atoms with Crippen molar-refractivity contribution in [3.63, 3.8) is 0 Å². The smallest absolute Gasteiger partial charge is 0.328 e. The molecule has 0 aliphatic rings. The predicted molar refractivity (Wildman–Crippen MR) is 68.0 cm³/mol. The molecule has 0 fully saturated rings. The van der Waals surface area contributed by atoms with E-state index in [0.29, 0.717) is 0 Å². The lowest BCUT2D eigenvalue weighted by atomic mass is 10.1. The monoisotopic (exact) mass is 231 g/mol. The van der Waals surface area contributed by atoms with E-state index >= 15 is 0 Å². The SMILES string of the molecule is CCc1ccc2c(ccn2C(C)C(=O)OC)c1. The molecule has 0 aliphatic carbocycles. The Bertz CT molecular complexity index is 542. The molecule has 0 radical (unpaired) electrons. The highest BCUT2D eigenvalue weighted by molar-refractivity contribution is 5.84. The van der Waals surface area contributed by atoms with Gasteiger partial charge < -0.3 is 9.30 Å². The number of esters is 1. The van der Waals surface area contributed by atoms with Gasteiger partial charge in [-0.3, -0.25) is 0 Å². The molecule has 1 aromatic carbocycles. The molecule has 2 aromatic rings. The van der Waals surface area contributed by atoms with Crippen molar-refractivity contribution in [3.05, 3.63) is 36.0 Å². The molecule has 1 heterocycles. The number of methoxy groups -OCH3 is 1. The average Bonchev–Trinajstić information content (AvgIpc) is 2.79. The van der Waals surface area contributed by atoms with Crippen LogP contribution in [0.25, 0.3) is 10.9 Å². The largest absolute Gasteiger partial charge is 0.467 e. The first-order valence-corrected chi connectivity index (χ1v) is 5.84. The van der Waals surface area contributed by atoms with E-state index in [2.05, 4.69) is 25.1 Å². The quantitative estimate of drug-likeness (QED) is 0.760. The Labute approximate surface area is 101 Å². The number of benzene rings is 1. The molecule has 3 heteroatoms. The number of aryl methyl sites for hydroxylation is 1. The average molecular weight is 231 g/mol. The maximum absolute atomic E-state index is 11.5. The summed E-state index contributed by atoms with van der Waals surface area (Å²) in [5.41, 5.74) is 2.38. The second-order valence-corrected chi connectivity index (χ2v) is 4.17. The van der Waals surface area contributed by atoms with Gasteiger partial charge in [0.2, 0.25) is 0 Å². The maximum Gasteiger partial charge on any atom is 0.328 e. The van der Waals surface area contributed by atoms with Gasteiger partial charge in [0.15, 0.2) is 0 Å². The summed E-state index contributed by atoms with van der Waals surface area (Å²) in [5, 5.41) is 1.17. The Balaban J connectivity index is 2.46. The van der Waals surface area contributed by atoms with Crippen LogP contribution < -0.4 is 0 Å². The molecule has 0 bridgehead atoms. The van der Waals surface area contributed by atoms with Crippen molar-refractivity contribution in [2.45, 2.75) is 26.3 Å². The van der Waals surface area contributed by atoms with Gasteiger partial charge in [-0.1, -0.05) is 13.0 Å². The zero-order valence-electron chi connectivity index (χ0n) is 10.4. The molecule has 1 atom stereocenters. The minimum Gasteiger partial charge on any atom is -0.467 e.